The Hall–Kier alpha value is -0.860. The van der Waals surface area contributed by atoms with Gasteiger partial charge >= 0.3 is 0 Å². The fraction of sp³-hybridized carbons (Fsp3) is 0.571. The molecule has 1 aromatic carbocycles. The SMILES string of the molecule is OC1(c2ccc(C3CCOCC3)cc2)CC1. The molecule has 2 heteroatoms. The molecule has 1 N–H and O–H groups in total. The zero-order valence-corrected chi connectivity index (χ0v) is 9.48. The van der Waals surface area contributed by atoms with Crippen molar-refractivity contribution in [3.8, 4) is 0 Å². The molecule has 2 fully saturated rings. The standard InChI is InChI=1S/C14H18O2/c15-14(7-8-14)13-3-1-11(2-4-13)12-5-9-16-10-6-12/h1-4,12,15H,5-10H2. The summed E-state index contributed by atoms with van der Waals surface area (Å²) in [5.41, 5.74) is 1.99. The molecular formula is C14H18O2. The Morgan fingerprint density at radius 1 is 1.06 bits per heavy atom. The highest BCUT2D eigenvalue weighted by molar-refractivity contribution is 5.32. The van der Waals surface area contributed by atoms with Crippen molar-refractivity contribution in [2.45, 2.75) is 37.2 Å². The van der Waals surface area contributed by atoms with Crippen LogP contribution in [-0.4, -0.2) is 18.3 Å². The maximum absolute atomic E-state index is 9.98. The summed E-state index contributed by atoms with van der Waals surface area (Å²) in [5, 5.41) is 9.98. The van der Waals surface area contributed by atoms with Crippen molar-refractivity contribution >= 4 is 0 Å². The summed E-state index contributed by atoms with van der Waals surface area (Å²) in [6.45, 7) is 1.77. The van der Waals surface area contributed by atoms with Crippen molar-refractivity contribution in [2.24, 2.45) is 0 Å². The van der Waals surface area contributed by atoms with E-state index in [2.05, 4.69) is 24.3 Å². The van der Waals surface area contributed by atoms with Crippen molar-refractivity contribution in [2.75, 3.05) is 13.2 Å². The van der Waals surface area contributed by atoms with E-state index in [1.165, 1.54) is 5.56 Å². The van der Waals surface area contributed by atoms with Crippen LogP contribution in [0.15, 0.2) is 24.3 Å². The van der Waals surface area contributed by atoms with E-state index in [4.69, 9.17) is 4.74 Å². The smallest absolute Gasteiger partial charge is 0.0899 e. The molecule has 0 amide bonds. The Labute approximate surface area is 96.2 Å². The third-order valence-corrected chi connectivity index (χ3v) is 3.86. The minimum absolute atomic E-state index is 0.492. The van der Waals surface area contributed by atoms with E-state index in [0.29, 0.717) is 5.92 Å². The summed E-state index contributed by atoms with van der Waals surface area (Å²) in [6.07, 6.45) is 4.10. The molecule has 0 unspecified atom stereocenters. The molecule has 3 rings (SSSR count). The van der Waals surface area contributed by atoms with Gasteiger partial charge in [-0.05, 0) is 42.7 Å². The predicted octanol–water partition coefficient (Wildman–Crippen LogP) is 2.56. The van der Waals surface area contributed by atoms with Gasteiger partial charge in [-0.1, -0.05) is 24.3 Å². The van der Waals surface area contributed by atoms with Crippen LogP contribution in [-0.2, 0) is 10.3 Å². The topological polar surface area (TPSA) is 29.5 Å². The lowest BCUT2D eigenvalue weighted by atomic mass is 9.90. The van der Waals surface area contributed by atoms with E-state index < -0.39 is 5.60 Å². The summed E-state index contributed by atoms with van der Waals surface area (Å²) in [4.78, 5) is 0. The van der Waals surface area contributed by atoms with Gasteiger partial charge in [0.2, 0.25) is 0 Å². The van der Waals surface area contributed by atoms with Crippen LogP contribution in [0.2, 0.25) is 0 Å². The lowest BCUT2D eigenvalue weighted by Crippen LogP contribution is -2.14. The van der Waals surface area contributed by atoms with Crippen LogP contribution >= 0.6 is 0 Å². The first kappa shape index (κ1) is 10.3. The van der Waals surface area contributed by atoms with Crippen LogP contribution < -0.4 is 0 Å². The van der Waals surface area contributed by atoms with E-state index in [1.807, 2.05) is 0 Å². The average molecular weight is 218 g/mol. The van der Waals surface area contributed by atoms with Gasteiger partial charge in [0.15, 0.2) is 0 Å². The van der Waals surface area contributed by atoms with Gasteiger partial charge in [-0.15, -0.1) is 0 Å². The molecule has 1 aromatic rings. The minimum atomic E-state index is -0.492. The Morgan fingerprint density at radius 3 is 2.25 bits per heavy atom. The quantitative estimate of drug-likeness (QED) is 0.826. The molecule has 86 valence electrons. The van der Waals surface area contributed by atoms with E-state index >= 15 is 0 Å². The molecule has 0 atom stereocenters. The van der Waals surface area contributed by atoms with Crippen molar-refractivity contribution < 1.29 is 9.84 Å². The average Bonchev–Trinajstić information content (AvgIpc) is 3.10. The molecular weight excluding hydrogens is 200 g/mol. The van der Waals surface area contributed by atoms with E-state index in [9.17, 15) is 5.11 Å². The Kier molecular flexibility index (Phi) is 2.49. The summed E-state index contributed by atoms with van der Waals surface area (Å²) < 4.78 is 5.37. The highest BCUT2D eigenvalue weighted by Gasteiger charge is 2.41. The molecule has 1 saturated carbocycles. The van der Waals surface area contributed by atoms with Gasteiger partial charge in [-0.3, -0.25) is 0 Å². The van der Waals surface area contributed by atoms with Crippen LogP contribution in [0.25, 0.3) is 0 Å². The number of aliphatic hydroxyl groups is 1. The fourth-order valence-electron chi connectivity index (χ4n) is 2.50. The van der Waals surface area contributed by atoms with E-state index in [1.54, 1.807) is 0 Å². The molecule has 1 saturated heterocycles. The van der Waals surface area contributed by atoms with Crippen LogP contribution in [0, 0.1) is 0 Å². The summed E-state index contributed by atoms with van der Waals surface area (Å²) in [5.74, 6) is 0.650. The second kappa shape index (κ2) is 3.86. The molecule has 2 nitrogen and oxygen atoms in total. The van der Waals surface area contributed by atoms with Gasteiger partial charge in [-0.25, -0.2) is 0 Å². The number of ether oxygens (including phenoxy) is 1. The molecule has 0 bridgehead atoms. The molecule has 1 heterocycles. The molecule has 0 radical (unpaired) electrons. The highest BCUT2D eigenvalue weighted by atomic mass is 16.5. The number of rotatable bonds is 2. The van der Waals surface area contributed by atoms with Crippen molar-refractivity contribution in [1.29, 1.82) is 0 Å². The Morgan fingerprint density at radius 2 is 1.69 bits per heavy atom. The third kappa shape index (κ3) is 1.87. The molecule has 1 aliphatic carbocycles. The maximum atomic E-state index is 9.98. The van der Waals surface area contributed by atoms with Gasteiger partial charge in [0, 0.05) is 13.2 Å². The summed E-state index contributed by atoms with van der Waals surface area (Å²) >= 11 is 0. The second-order valence-electron chi connectivity index (χ2n) is 5.04. The Balaban J connectivity index is 1.76. The van der Waals surface area contributed by atoms with E-state index in [-0.39, 0.29) is 0 Å². The maximum Gasteiger partial charge on any atom is 0.0899 e. The highest BCUT2D eigenvalue weighted by Crippen LogP contribution is 2.45. The van der Waals surface area contributed by atoms with Crippen molar-refractivity contribution in [3.63, 3.8) is 0 Å². The largest absolute Gasteiger partial charge is 0.385 e. The lowest BCUT2D eigenvalue weighted by molar-refractivity contribution is 0.0853. The van der Waals surface area contributed by atoms with Gasteiger partial charge in [-0.2, -0.15) is 0 Å². The molecule has 0 aromatic heterocycles. The minimum Gasteiger partial charge on any atom is -0.385 e. The van der Waals surface area contributed by atoms with Gasteiger partial charge in [0.05, 0.1) is 5.60 Å². The predicted molar refractivity (Wildman–Crippen MR) is 62.4 cm³/mol. The van der Waals surface area contributed by atoms with Crippen LogP contribution in [0.5, 0.6) is 0 Å². The first-order valence-electron chi connectivity index (χ1n) is 6.18. The van der Waals surface area contributed by atoms with Crippen LogP contribution in [0.3, 0.4) is 0 Å². The zero-order chi connectivity index (χ0) is 11.0. The normalized spacial score (nSPS) is 24.3. The third-order valence-electron chi connectivity index (χ3n) is 3.86. The van der Waals surface area contributed by atoms with Gasteiger partial charge in [0.25, 0.3) is 0 Å². The number of hydrogen-bond donors (Lipinski definition) is 1. The molecule has 16 heavy (non-hydrogen) atoms. The van der Waals surface area contributed by atoms with E-state index in [0.717, 1.165) is 44.5 Å². The first-order valence-corrected chi connectivity index (χ1v) is 6.18. The first-order chi connectivity index (χ1) is 7.78. The zero-order valence-electron chi connectivity index (χ0n) is 9.48. The second-order valence-corrected chi connectivity index (χ2v) is 5.04. The summed E-state index contributed by atoms with van der Waals surface area (Å²) in [7, 11) is 0. The van der Waals surface area contributed by atoms with Crippen molar-refractivity contribution in [1.82, 2.24) is 0 Å². The monoisotopic (exact) mass is 218 g/mol. The summed E-state index contributed by atoms with van der Waals surface area (Å²) in [6, 6.07) is 8.55. The Bertz CT molecular complexity index is 359. The van der Waals surface area contributed by atoms with Gasteiger partial charge in [0.1, 0.15) is 0 Å². The number of hydrogen-bond acceptors (Lipinski definition) is 2. The lowest BCUT2D eigenvalue weighted by Gasteiger charge is -2.22. The van der Waals surface area contributed by atoms with Crippen LogP contribution in [0.4, 0.5) is 0 Å². The fourth-order valence-corrected chi connectivity index (χ4v) is 2.50. The number of benzene rings is 1. The molecule has 2 aliphatic rings. The van der Waals surface area contributed by atoms with Gasteiger partial charge < -0.3 is 9.84 Å². The molecule has 0 spiro atoms. The van der Waals surface area contributed by atoms with Crippen molar-refractivity contribution in [3.05, 3.63) is 35.4 Å². The molecule has 1 aliphatic heterocycles. The van der Waals surface area contributed by atoms with Crippen LogP contribution in [0.1, 0.15) is 42.7 Å².